The molecule has 0 spiro atoms. The number of aliphatic carboxylic acids is 1. The average Bonchev–Trinajstić information content (AvgIpc) is 2.81. The fourth-order valence-corrected chi connectivity index (χ4v) is 2.75. The first-order valence-corrected chi connectivity index (χ1v) is 5.77. The Morgan fingerprint density at radius 2 is 2.06 bits per heavy atom. The standard InChI is InChI=1S/C14H18O3/c1-8-5-6-9(10(7-8)17-4)11-12(13(15)16)14(11,2)3/h5-7,11-12H,1-4H3,(H,15,16). The van der Waals surface area contributed by atoms with E-state index < -0.39 is 5.97 Å². The lowest BCUT2D eigenvalue weighted by Crippen LogP contribution is -2.03. The number of carboxylic acids is 1. The third-order valence-electron chi connectivity index (χ3n) is 3.82. The van der Waals surface area contributed by atoms with E-state index in [4.69, 9.17) is 4.74 Å². The minimum absolute atomic E-state index is 0.0514. The first-order valence-electron chi connectivity index (χ1n) is 5.77. The monoisotopic (exact) mass is 234 g/mol. The summed E-state index contributed by atoms with van der Waals surface area (Å²) >= 11 is 0. The van der Waals surface area contributed by atoms with E-state index in [0.717, 1.165) is 16.9 Å². The van der Waals surface area contributed by atoms with E-state index in [1.807, 2.05) is 39.0 Å². The second-order valence-electron chi connectivity index (χ2n) is 5.36. The Kier molecular flexibility index (Phi) is 2.64. The highest BCUT2D eigenvalue weighted by Crippen LogP contribution is 2.65. The van der Waals surface area contributed by atoms with E-state index >= 15 is 0 Å². The van der Waals surface area contributed by atoms with Gasteiger partial charge in [0.15, 0.2) is 0 Å². The van der Waals surface area contributed by atoms with Crippen molar-refractivity contribution in [2.75, 3.05) is 7.11 Å². The maximum Gasteiger partial charge on any atom is 0.307 e. The van der Waals surface area contributed by atoms with Gasteiger partial charge in [0, 0.05) is 5.92 Å². The Morgan fingerprint density at radius 1 is 1.41 bits per heavy atom. The fourth-order valence-electron chi connectivity index (χ4n) is 2.75. The van der Waals surface area contributed by atoms with E-state index in [-0.39, 0.29) is 17.3 Å². The van der Waals surface area contributed by atoms with Gasteiger partial charge in [-0.15, -0.1) is 0 Å². The molecule has 17 heavy (non-hydrogen) atoms. The number of rotatable bonds is 3. The molecule has 0 saturated heterocycles. The molecule has 92 valence electrons. The predicted octanol–water partition coefficient (Wildman–Crippen LogP) is 2.83. The van der Waals surface area contributed by atoms with Crippen LogP contribution in [0.2, 0.25) is 0 Å². The van der Waals surface area contributed by atoms with Crippen LogP contribution < -0.4 is 4.74 Å². The second-order valence-corrected chi connectivity index (χ2v) is 5.36. The zero-order chi connectivity index (χ0) is 12.8. The maximum absolute atomic E-state index is 11.2. The molecule has 1 aliphatic carbocycles. The van der Waals surface area contributed by atoms with E-state index in [2.05, 4.69) is 0 Å². The van der Waals surface area contributed by atoms with Gasteiger partial charge in [0.2, 0.25) is 0 Å². The predicted molar refractivity (Wildman–Crippen MR) is 65.4 cm³/mol. The minimum Gasteiger partial charge on any atom is -0.496 e. The molecular formula is C14H18O3. The Balaban J connectivity index is 2.40. The van der Waals surface area contributed by atoms with Crippen LogP contribution in [0.4, 0.5) is 0 Å². The maximum atomic E-state index is 11.2. The Labute approximate surface area is 101 Å². The number of benzene rings is 1. The summed E-state index contributed by atoms with van der Waals surface area (Å²) in [4.78, 5) is 11.2. The van der Waals surface area contributed by atoms with E-state index in [1.54, 1.807) is 7.11 Å². The smallest absolute Gasteiger partial charge is 0.307 e. The quantitative estimate of drug-likeness (QED) is 0.874. The second kappa shape index (κ2) is 3.76. The van der Waals surface area contributed by atoms with Crippen molar-refractivity contribution in [1.82, 2.24) is 0 Å². The SMILES string of the molecule is COc1cc(C)ccc1C1C(C(=O)O)C1(C)C. The van der Waals surface area contributed by atoms with Gasteiger partial charge in [-0.2, -0.15) is 0 Å². The molecule has 3 heteroatoms. The number of hydrogen-bond acceptors (Lipinski definition) is 2. The largest absolute Gasteiger partial charge is 0.496 e. The van der Waals surface area contributed by atoms with Crippen molar-refractivity contribution in [2.45, 2.75) is 26.7 Å². The summed E-state index contributed by atoms with van der Waals surface area (Å²) in [5, 5.41) is 9.20. The summed E-state index contributed by atoms with van der Waals surface area (Å²) in [6.07, 6.45) is 0. The van der Waals surface area contributed by atoms with Crippen molar-refractivity contribution < 1.29 is 14.6 Å². The van der Waals surface area contributed by atoms with Gasteiger partial charge < -0.3 is 9.84 Å². The summed E-state index contributed by atoms with van der Waals surface area (Å²) in [5.41, 5.74) is 1.94. The molecule has 1 aromatic carbocycles. The Hall–Kier alpha value is -1.51. The Morgan fingerprint density at radius 3 is 2.53 bits per heavy atom. The number of hydrogen-bond donors (Lipinski definition) is 1. The van der Waals surface area contributed by atoms with Crippen LogP contribution in [0.3, 0.4) is 0 Å². The summed E-state index contributed by atoms with van der Waals surface area (Å²) in [7, 11) is 1.63. The molecule has 1 saturated carbocycles. The van der Waals surface area contributed by atoms with Crippen molar-refractivity contribution in [3.63, 3.8) is 0 Å². The fraction of sp³-hybridized carbons (Fsp3) is 0.500. The van der Waals surface area contributed by atoms with Gasteiger partial charge >= 0.3 is 5.97 Å². The lowest BCUT2D eigenvalue weighted by molar-refractivity contribution is -0.139. The summed E-state index contributed by atoms with van der Waals surface area (Å²) in [6, 6.07) is 5.96. The van der Waals surface area contributed by atoms with Crippen LogP contribution >= 0.6 is 0 Å². The van der Waals surface area contributed by atoms with Crippen LogP contribution in [0.5, 0.6) is 5.75 Å². The molecular weight excluding hydrogens is 216 g/mol. The molecule has 0 aliphatic heterocycles. The topological polar surface area (TPSA) is 46.5 Å². The van der Waals surface area contributed by atoms with E-state index in [1.165, 1.54) is 0 Å². The third-order valence-corrected chi connectivity index (χ3v) is 3.82. The van der Waals surface area contributed by atoms with Gasteiger partial charge in [0.1, 0.15) is 5.75 Å². The summed E-state index contributed by atoms with van der Waals surface area (Å²) in [5.74, 6) is -0.177. The van der Waals surface area contributed by atoms with Crippen molar-refractivity contribution in [3.8, 4) is 5.75 Å². The molecule has 0 aromatic heterocycles. The third kappa shape index (κ3) is 1.79. The molecule has 1 N–H and O–H groups in total. The molecule has 2 rings (SSSR count). The molecule has 2 atom stereocenters. The van der Waals surface area contributed by atoms with Gasteiger partial charge in [0.05, 0.1) is 13.0 Å². The highest BCUT2D eigenvalue weighted by molar-refractivity contribution is 5.78. The minimum atomic E-state index is -0.720. The van der Waals surface area contributed by atoms with Gasteiger partial charge in [-0.1, -0.05) is 26.0 Å². The van der Waals surface area contributed by atoms with E-state index in [0.29, 0.717) is 0 Å². The molecule has 1 fully saturated rings. The first-order chi connectivity index (χ1) is 7.89. The van der Waals surface area contributed by atoms with E-state index in [9.17, 15) is 9.90 Å². The number of carbonyl (C=O) groups is 1. The normalized spacial score (nSPS) is 25.4. The van der Waals surface area contributed by atoms with Crippen LogP contribution in [-0.4, -0.2) is 18.2 Å². The summed E-state index contributed by atoms with van der Waals surface area (Å²) < 4.78 is 5.36. The number of carboxylic acid groups (broad SMARTS) is 1. The van der Waals surface area contributed by atoms with Gasteiger partial charge in [-0.05, 0) is 29.5 Å². The van der Waals surface area contributed by atoms with Crippen LogP contribution in [0.1, 0.15) is 30.9 Å². The molecule has 3 nitrogen and oxygen atoms in total. The molecule has 1 aromatic rings. The number of ether oxygens (including phenoxy) is 1. The van der Waals surface area contributed by atoms with Gasteiger partial charge in [-0.25, -0.2) is 0 Å². The average molecular weight is 234 g/mol. The van der Waals surface area contributed by atoms with Crippen molar-refractivity contribution in [2.24, 2.45) is 11.3 Å². The Bertz CT molecular complexity index is 463. The lowest BCUT2D eigenvalue weighted by atomic mass is 10.0. The van der Waals surface area contributed by atoms with Crippen molar-refractivity contribution in [3.05, 3.63) is 29.3 Å². The van der Waals surface area contributed by atoms with Crippen LogP contribution in [0, 0.1) is 18.3 Å². The molecule has 0 amide bonds. The zero-order valence-corrected chi connectivity index (χ0v) is 10.7. The highest BCUT2D eigenvalue weighted by atomic mass is 16.5. The number of aryl methyl sites for hydroxylation is 1. The zero-order valence-electron chi connectivity index (χ0n) is 10.7. The highest BCUT2D eigenvalue weighted by Gasteiger charge is 2.63. The van der Waals surface area contributed by atoms with Crippen molar-refractivity contribution >= 4 is 5.97 Å². The van der Waals surface area contributed by atoms with Crippen LogP contribution in [0.15, 0.2) is 18.2 Å². The van der Waals surface area contributed by atoms with Crippen LogP contribution in [-0.2, 0) is 4.79 Å². The van der Waals surface area contributed by atoms with Gasteiger partial charge in [-0.3, -0.25) is 4.79 Å². The molecule has 2 unspecified atom stereocenters. The van der Waals surface area contributed by atoms with Crippen molar-refractivity contribution in [1.29, 1.82) is 0 Å². The summed E-state index contributed by atoms with van der Waals surface area (Å²) in [6.45, 7) is 5.99. The first kappa shape index (κ1) is 12.0. The molecule has 0 radical (unpaired) electrons. The van der Waals surface area contributed by atoms with Crippen LogP contribution in [0.25, 0.3) is 0 Å². The number of methoxy groups -OCH3 is 1. The molecule has 1 aliphatic rings. The van der Waals surface area contributed by atoms with Gasteiger partial charge in [0.25, 0.3) is 0 Å². The molecule has 0 heterocycles. The molecule has 0 bridgehead atoms. The lowest BCUT2D eigenvalue weighted by Gasteiger charge is -2.10.